The highest BCUT2D eigenvalue weighted by Crippen LogP contribution is 2.30. The summed E-state index contributed by atoms with van der Waals surface area (Å²) in [7, 11) is 0. The zero-order valence-corrected chi connectivity index (χ0v) is 13.5. The number of aryl methyl sites for hydroxylation is 1. The molecule has 3 aromatic rings. The number of aromatic nitrogens is 2. The number of thiazole rings is 1. The molecule has 6 heteroatoms. The van der Waals surface area contributed by atoms with Crippen molar-refractivity contribution in [1.82, 2.24) is 9.97 Å². The monoisotopic (exact) mass is 331 g/mol. The zero-order valence-electron chi connectivity index (χ0n) is 11.9. The van der Waals surface area contributed by atoms with Crippen molar-refractivity contribution in [3.63, 3.8) is 0 Å². The standard InChI is InChI=1S/C16H14ClN3OS/c1-11-10-22-16(19-11)20-15-14(7-13(17)8-18-15)21-9-12-5-3-2-4-6-12/h2-8,10H,9H2,1H3,(H,18,19,20). The molecule has 0 unspecified atom stereocenters. The van der Waals surface area contributed by atoms with Crippen molar-refractivity contribution in [1.29, 1.82) is 0 Å². The van der Waals surface area contributed by atoms with Crippen LogP contribution in [-0.4, -0.2) is 9.97 Å². The van der Waals surface area contributed by atoms with Crippen molar-refractivity contribution < 1.29 is 4.74 Å². The van der Waals surface area contributed by atoms with Crippen molar-refractivity contribution in [2.75, 3.05) is 5.32 Å². The van der Waals surface area contributed by atoms with Gasteiger partial charge in [-0.25, -0.2) is 9.97 Å². The Bertz CT molecular complexity index is 761. The number of hydrogen-bond donors (Lipinski definition) is 1. The quantitative estimate of drug-likeness (QED) is 0.728. The van der Waals surface area contributed by atoms with Gasteiger partial charge in [0.25, 0.3) is 0 Å². The lowest BCUT2D eigenvalue weighted by Crippen LogP contribution is -2.01. The molecule has 22 heavy (non-hydrogen) atoms. The molecule has 0 radical (unpaired) electrons. The van der Waals surface area contributed by atoms with Gasteiger partial charge in [-0.3, -0.25) is 0 Å². The number of hydrogen-bond acceptors (Lipinski definition) is 5. The number of pyridine rings is 1. The third-order valence-corrected chi connectivity index (χ3v) is 3.98. The number of ether oxygens (including phenoxy) is 1. The van der Waals surface area contributed by atoms with Gasteiger partial charge in [0, 0.05) is 17.6 Å². The molecule has 0 amide bonds. The zero-order chi connectivity index (χ0) is 15.4. The fourth-order valence-electron chi connectivity index (χ4n) is 1.87. The molecule has 2 aromatic heterocycles. The molecule has 3 rings (SSSR count). The molecule has 0 aliphatic heterocycles. The van der Waals surface area contributed by atoms with E-state index < -0.39 is 0 Å². The molecule has 0 atom stereocenters. The van der Waals surface area contributed by atoms with Crippen LogP contribution in [0.1, 0.15) is 11.3 Å². The first-order valence-electron chi connectivity index (χ1n) is 6.72. The number of halogens is 1. The Morgan fingerprint density at radius 2 is 2.09 bits per heavy atom. The fourth-order valence-corrected chi connectivity index (χ4v) is 2.71. The van der Waals surface area contributed by atoms with Crippen LogP contribution in [0.3, 0.4) is 0 Å². The van der Waals surface area contributed by atoms with E-state index in [1.807, 2.05) is 42.6 Å². The Morgan fingerprint density at radius 1 is 1.27 bits per heavy atom. The van der Waals surface area contributed by atoms with Crippen LogP contribution in [-0.2, 0) is 6.61 Å². The van der Waals surface area contributed by atoms with E-state index in [9.17, 15) is 0 Å². The molecule has 1 N–H and O–H groups in total. The Kier molecular flexibility index (Phi) is 4.56. The first-order chi connectivity index (χ1) is 10.7. The normalized spacial score (nSPS) is 10.5. The van der Waals surface area contributed by atoms with Crippen molar-refractivity contribution in [2.24, 2.45) is 0 Å². The molecule has 0 aliphatic carbocycles. The van der Waals surface area contributed by atoms with Crippen molar-refractivity contribution in [3.05, 3.63) is 64.3 Å². The Balaban J connectivity index is 1.78. The van der Waals surface area contributed by atoms with Gasteiger partial charge in [-0.2, -0.15) is 0 Å². The van der Waals surface area contributed by atoms with Crippen molar-refractivity contribution in [2.45, 2.75) is 13.5 Å². The molecule has 0 spiro atoms. The van der Waals surface area contributed by atoms with Crippen LogP contribution in [0, 0.1) is 6.92 Å². The van der Waals surface area contributed by atoms with Gasteiger partial charge in [0.2, 0.25) is 0 Å². The summed E-state index contributed by atoms with van der Waals surface area (Å²) >= 11 is 7.54. The van der Waals surface area contributed by atoms with Gasteiger partial charge >= 0.3 is 0 Å². The number of nitrogens with one attached hydrogen (secondary N) is 1. The molecule has 0 saturated carbocycles. The summed E-state index contributed by atoms with van der Waals surface area (Å²) < 4.78 is 5.85. The third-order valence-electron chi connectivity index (χ3n) is 2.90. The number of rotatable bonds is 5. The van der Waals surface area contributed by atoms with Crippen LogP contribution in [0.4, 0.5) is 10.9 Å². The van der Waals surface area contributed by atoms with Crippen LogP contribution in [0.15, 0.2) is 48.0 Å². The van der Waals surface area contributed by atoms with Gasteiger partial charge < -0.3 is 10.1 Å². The lowest BCUT2D eigenvalue weighted by molar-refractivity contribution is 0.307. The second-order valence-electron chi connectivity index (χ2n) is 4.69. The molecule has 4 nitrogen and oxygen atoms in total. The Labute approximate surface area is 137 Å². The number of nitrogens with zero attached hydrogens (tertiary/aromatic N) is 2. The van der Waals surface area contributed by atoms with E-state index in [4.69, 9.17) is 16.3 Å². The maximum Gasteiger partial charge on any atom is 0.188 e. The van der Waals surface area contributed by atoms with Gasteiger partial charge in [-0.15, -0.1) is 11.3 Å². The highest BCUT2D eigenvalue weighted by molar-refractivity contribution is 7.13. The van der Waals surface area contributed by atoms with Crippen molar-refractivity contribution in [3.8, 4) is 5.75 Å². The minimum absolute atomic E-state index is 0.453. The van der Waals surface area contributed by atoms with Crippen LogP contribution >= 0.6 is 22.9 Å². The summed E-state index contributed by atoms with van der Waals surface area (Å²) in [6.45, 7) is 2.40. The fraction of sp³-hybridized carbons (Fsp3) is 0.125. The topological polar surface area (TPSA) is 47.0 Å². The van der Waals surface area contributed by atoms with Gasteiger partial charge in [0.15, 0.2) is 16.7 Å². The second-order valence-corrected chi connectivity index (χ2v) is 5.99. The lowest BCUT2D eigenvalue weighted by atomic mass is 10.2. The molecular formula is C16H14ClN3OS. The van der Waals surface area contributed by atoms with E-state index in [2.05, 4.69) is 15.3 Å². The summed E-state index contributed by atoms with van der Waals surface area (Å²) in [4.78, 5) is 8.66. The summed E-state index contributed by atoms with van der Waals surface area (Å²) in [6, 6.07) is 11.7. The maximum atomic E-state index is 6.02. The molecule has 0 aliphatic rings. The average Bonchev–Trinajstić information content (AvgIpc) is 2.94. The Hall–Kier alpha value is -2.11. The summed E-state index contributed by atoms with van der Waals surface area (Å²) in [6.07, 6.45) is 1.58. The van der Waals surface area contributed by atoms with E-state index in [0.29, 0.717) is 23.2 Å². The van der Waals surface area contributed by atoms with E-state index >= 15 is 0 Å². The third kappa shape index (κ3) is 3.75. The van der Waals surface area contributed by atoms with E-state index in [1.165, 1.54) is 11.3 Å². The van der Waals surface area contributed by atoms with Gasteiger partial charge in [-0.1, -0.05) is 41.9 Å². The predicted molar refractivity (Wildman–Crippen MR) is 90.2 cm³/mol. The number of anilines is 2. The van der Waals surface area contributed by atoms with Crippen LogP contribution in [0.25, 0.3) is 0 Å². The van der Waals surface area contributed by atoms with Gasteiger partial charge in [0.1, 0.15) is 6.61 Å². The summed E-state index contributed by atoms with van der Waals surface area (Å²) in [5, 5.41) is 6.45. The summed E-state index contributed by atoms with van der Waals surface area (Å²) in [5.74, 6) is 1.21. The minimum Gasteiger partial charge on any atom is -0.485 e. The molecule has 0 saturated heterocycles. The van der Waals surface area contributed by atoms with Gasteiger partial charge in [-0.05, 0) is 12.5 Å². The summed E-state index contributed by atoms with van der Waals surface area (Å²) in [5.41, 5.74) is 2.05. The average molecular weight is 332 g/mol. The van der Waals surface area contributed by atoms with Crippen LogP contribution < -0.4 is 10.1 Å². The lowest BCUT2D eigenvalue weighted by Gasteiger charge is -2.11. The highest BCUT2D eigenvalue weighted by Gasteiger charge is 2.09. The molecule has 0 fully saturated rings. The predicted octanol–water partition coefficient (Wildman–Crippen LogP) is 4.82. The molecule has 2 heterocycles. The van der Waals surface area contributed by atoms with Gasteiger partial charge in [0.05, 0.1) is 10.7 Å². The second kappa shape index (κ2) is 6.77. The SMILES string of the molecule is Cc1csc(Nc2ncc(Cl)cc2OCc2ccccc2)n1. The first kappa shape index (κ1) is 14.8. The van der Waals surface area contributed by atoms with Crippen molar-refractivity contribution >= 4 is 33.9 Å². The molecular weight excluding hydrogens is 318 g/mol. The molecule has 0 bridgehead atoms. The van der Waals surface area contributed by atoms with E-state index in [-0.39, 0.29) is 0 Å². The first-order valence-corrected chi connectivity index (χ1v) is 7.98. The van der Waals surface area contributed by atoms with E-state index in [0.717, 1.165) is 16.4 Å². The maximum absolute atomic E-state index is 6.02. The largest absolute Gasteiger partial charge is 0.485 e. The van der Waals surface area contributed by atoms with Crippen LogP contribution in [0.5, 0.6) is 5.75 Å². The number of benzene rings is 1. The Morgan fingerprint density at radius 3 is 2.82 bits per heavy atom. The van der Waals surface area contributed by atoms with E-state index in [1.54, 1.807) is 12.3 Å². The van der Waals surface area contributed by atoms with Crippen LogP contribution in [0.2, 0.25) is 5.02 Å². The molecule has 1 aromatic carbocycles. The highest BCUT2D eigenvalue weighted by atomic mass is 35.5. The smallest absolute Gasteiger partial charge is 0.188 e. The minimum atomic E-state index is 0.453. The molecule has 112 valence electrons.